The monoisotopic (exact) mass is 356 g/mol. The van der Waals surface area contributed by atoms with Crippen molar-refractivity contribution in [3.8, 4) is 0 Å². The minimum Gasteiger partial charge on any atom is -0.395 e. The zero-order valence-electron chi connectivity index (χ0n) is 16.9. The van der Waals surface area contributed by atoms with Gasteiger partial charge in [0, 0.05) is 13.2 Å². The first-order chi connectivity index (χ1) is 11.6. The molecule has 0 aliphatic heterocycles. The average molecular weight is 357 g/mol. The zero-order chi connectivity index (χ0) is 17.9. The standard InChI is InChI=1S/C21H44O2Si/c1-5-7-9-10-11-12-13-14-15-16-17-18-19-21-23-24(3,4)22-20-8-6-2/h6H,2,5,7-21H2,1,3-4H3. The topological polar surface area (TPSA) is 18.5 Å². The van der Waals surface area contributed by atoms with Gasteiger partial charge < -0.3 is 8.85 Å². The first-order valence-electron chi connectivity index (χ1n) is 10.5. The van der Waals surface area contributed by atoms with E-state index in [0.29, 0.717) is 0 Å². The maximum absolute atomic E-state index is 5.96. The van der Waals surface area contributed by atoms with Gasteiger partial charge in [0.05, 0.1) is 0 Å². The van der Waals surface area contributed by atoms with Crippen LogP contribution in [-0.2, 0) is 8.85 Å². The van der Waals surface area contributed by atoms with E-state index < -0.39 is 8.56 Å². The van der Waals surface area contributed by atoms with Crippen LogP contribution in [0.1, 0.15) is 96.8 Å². The first kappa shape index (κ1) is 23.9. The van der Waals surface area contributed by atoms with E-state index >= 15 is 0 Å². The molecule has 0 rings (SSSR count). The summed E-state index contributed by atoms with van der Waals surface area (Å²) in [6.45, 7) is 11.9. The molecule has 0 aliphatic rings. The Kier molecular flexibility index (Phi) is 17.6. The molecule has 0 aromatic rings. The highest BCUT2D eigenvalue weighted by Gasteiger charge is 2.23. The van der Waals surface area contributed by atoms with Crippen LogP contribution in [0.25, 0.3) is 0 Å². The van der Waals surface area contributed by atoms with Crippen molar-refractivity contribution < 1.29 is 8.85 Å². The third-order valence-electron chi connectivity index (χ3n) is 4.47. The molecule has 0 saturated carbocycles. The van der Waals surface area contributed by atoms with E-state index in [1.54, 1.807) is 0 Å². The van der Waals surface area contributed by atoms with Crippen LogP contribution in [0.3, 0.4) is 0 Å². The minimum atomic E-state index is -1.89. The third kappa shape index (κ3) is 18.2. The summed E-state index contributed by atoms with van der Waals surface area (Å²) in [5.41, 5.74) is 0. The Hall–Kier alpha value is -0.123. The lowest BCUT2D eigenvalue weighted by Gasteiger charge is -2.22. The third-order valence-corrected chi connectivity index (χ3v) is 6.27. The SMILES string of the molecule is C=CCCO[Si](C)(C)OCCCCCCCCCCCCCCC. The molecule has 144 valence electrons. The Balaban J connectivity index is 3.20. The summed E-state index contributed by atoms with van der Waals surface area (Å²) in [5.74, 6) is 0. The number of hydrogen-bond donors (Lipinski definition) is 0. The van der Waals surface area contributed by atoms with Gasteiger partial charge in [-0.1, -0.05) is 90.0 Å². The Morgan fingerprint density at radius 3 is 1.54 bits per heavy atom. The molecule has 3 heteroatoms. The predicted molar refractivity (Wildman–Crippen MR) is 110 cm³/mol. The smallest absolute Gasteiger partial charge is 0.331 e. The van der Waals surface area contributed by atoms with Crippen molar-refractivity contribution in [1.82, 2.24) is 0 Å². The molecule has 2 nitrogen and oxygen atoms in total. The van der Waals surface area contributed by atoms with Crippen LogP contribution in [0, 0.1) is 0 Å². The lowest BCUT2D eigenvalue weighted by molar-refractivity contribution is 0.178. The van der Waals surface area contributed by atoms with Crippen LogP contribution < -0.4 is 0 Å². The van der Waals surface area contributed by atoms with Gasteiger partial charge in [0.1, 0.15) is 0 Å². The zero-order valence-corrected chi connectivity index (χ0v) is 17.9. The summed E-state index contributed by atoms with van der Waals surface area (Å²) in [5, 5.41) is 0. The Bertz CT molecular complexity index is 267. The van der Waals surface area contributed by atoms with E-state index in [4.69, 9.17) is 8.85 Å². The largest absolute Gasteiger partial charge is 0.395 e. The van der Waals surface area contributed by atoms with Gasteiger partial charge in [0.15, 0.2) is 0 Å². The van der Waals surface area contributed by atoms with Crippen molar-refractivity contribution in [3.05, 3.63) is 12.7 Å². The highest BCUT2D eigenvalue weighted by molar-refractivity contribution is 6.64. The molecule has 0 N–H and O–H groups in total. The minimum absolute atomic E-state index is 0.751. The van der Waals surface area contributed by atoms with Crippen molar-refractivity contribution in [3.63, 3.8) is 0 Å². The molecule has 0 heterocycles. The molecule has 0 aromatic carbocycles. The lowest BCUT2D eigenvalue weighted by atomic mass is 10.0. The highest BCUT2D eigenvalue weighted by atomic mass is 28.4. The number of hydrogen-bond acceptors (Lipinski definition) is 2. The lowest BCUT2D eigenvalue weighted by Crippen LogP contribution is -2.35. The molecule has 0 unspecified atom stereocenters. The summed E-state index contributed by atoms with van der Waals surface area (Å²) < 4.78 is 11.8. The van der Waals surface area contributed by atoms with Gasteiger partial charge in [0.25, 0.3) is 0 Å². The van der Waals surface area contributed by atoms with Gasteiger partial charge in [-0.15, -0.1) is 6.58 Å². The maximum atomic E-state index is 5.96. The molecule has 0 bridgehead atoms. The van der Waals surface area contributed by atoms with Crippen LogP contribution in [0.2, 0.25) is 13.1 Å². The fourth-order valence-electron chi connectivity index (χ4n) is 2.87. The molecular weight excluding hydrogens is 312 g/mol. The van der Waals surface area contributed by atoms with Gasteiger partial charge in [0.2, 0.25) is 0 Å². The van der Waals surface area contributed by atoms with E-state index in [9.17, 15) is 0 Å². The molecule has 24 heavy (non-hydrogen) atoms. The highest BCUT2D eigenvalue weighted by Crippen LogP contribution is 2.13. The second-order valence-corrected chi connectivity index (χ2v) is 10.8. The molecule has 0 spiro atoms. The van der Waals surface area contributed by atoms with Crippen LogP contribution in [-0.4, -0.2) is 21.8 Å². The molecule has 0 atom stereocenters. The van der Waals surface area contributed by atoms with Crippen molar-refractivity contribution in [2.75, 3.05) is 13.2 Å². The Morgan fingerprint density at radius 2 is 1.08 bits per heavy atom. The number of unbranched alkanes of at least 4 members (excludes halogenated alkanes) is 12. The van der Waals surface area contributed by atoms with E-state index in [0.717, 1.165) is 19.6 Å². The Labute approximate surface area is 153 Å². The van der Waals surface area contributed by atoms with Crippen LogP contribution >= 0.6 is 0 Å². The molecule has 0 fully saturated rings. The van der Waals surface area contributed by atoms with E-state index in [1.165, 1.54) is 83.5 Å². The van der Waals surface area contributed by atoms with Crippen molar-refractivity contribution >= 4 is 8.56 Å². The summed E-state index contributed by atoms with van der Waals surface area (Å²) >= 11 is 0. The van der Waals surface area contributed by atoms with E-state index in [2.05, 4.69) is 26.6 Å². The quantitative estimate of drug-likeness (QED) is 0.136. The molecular formula is C21H44O2Si. The fourth-order valence-corrected chi connectivity index (χ4v) is 4.20. The molecule has 0 saturated heterocycles. The maximum Gasteiger partial charge on any atom is 0.331 e. The molecule has 0 aliphatic carbocycles. The van der Waals surface area contributed by atoms with Crippen LogP contribution in [0.4, 0.5) is 0 Å². The summed E-state index contributed by atoms with van der Waals surface area (Å²) in [6.07, 6.45) is 20.9. The first-order valence-corrected chi connectivity index (χ1v) is 13.3. The number of rotatable bonds is 19. The fraction of sp³-hybridized carbons (Fsp3) is 0.905. The van der Waals surface area contributed by atoms with Crippen molar-refractivity contribution in [1.29, 1.82) is 0 Å². The molecule has 0 aromatic heterocycles. The van der Waals surface area contributed by atoms with Gasteiger partial charge in [-0.3, -0.25) is 0 Å². The van der Waals surface area contributed by atoms with Crippen molar-refractivity contribution in [2.45, 2.75) is 110 Å². The second-order valence-electron chi connectivity index (χ2n) is 7.42. The second kappa shape index (κ2) is 17.7. The normalized spacial score (nSPS) is 11.8. The van der Waals surface area contributed by atoms with Gasteiger partial charge in [-0.05, 0) is 25.9 Å². The van der Waals surface area contributed by atoms with E-state index in [-0.39, 0.29) is 0 Å². The van der Waals surface area contributed by atoms with Crippen molar-refractivity contribution in [2.24, 2.45) is 0 Å². The molecule has 0 radical (unpaired) electrons. The summed E-state index contributed by atoms with van der Waals surface area (Å²) in [6, 6.07) is 0. The molecule has 0 amide bonds. The summed E-state index contributed by atoms with van der Waals surface area (Å²) in [4.78, 5) is 0. The van der Waals surface area contributed by atoms with Crippen LogP contribution in [0.5, 0.6) is 0 Å². The van der Waals surface area contributed by atoms with Gasteiger partial charge >= 0.3 is 8.56 Å². The van der Waals surface area contributed by atoms with E-state index in [1.807, 2.05) is 6.08 Å². The average Bonchev–Trinajstić information content (AvgIpc) is 2.55. The predicted octanol–water partition coefficient (Wildman–Crippen LogP) is 7.39. The summed E-state index contributed by atoms with van der Waals surface area (Å²) in [7, 11) is -1.89. The van der Waals surface area contributed by atoms with Gasteiger partial charge in [-0.25, -0.2) is 0 Å². The van der Waals surface area contributed by atoms with Gasteiger partial charge in [-0.2, -0.15) is 0 Å². The Morgan fingerprint density at radius 1 is 0.667 bits per heavy atom. The van der Waals surface area contributed by atoms with Crippen LogP contribution in [0.15, 0.2) is 12.7 Å².